The molecule has 1 heterocycles. The number of hydrogen-bond acceptors (Lipinski definition) is 2. The average Bonchev–Trinajstić information content (AvgIpc) is 2.50. The fourth-order valence-corrected chi connectivity index (χ4v) is 2.74. The van der Waals surface area contributed by atoms with Crippen molar-refractivity contribution in [3.8, 4) is 0 Å². The number of benzene rings is 2. The van der Waals surface area contributed by atoms with Gasteiger partial charge in [-0.05, 0) is 54.7 Å². The molecule has 0 amide bonds. The number of pyridine rings is 1. The zero-order chi connectivity index (χ0) is 14.8. The third kappa shape index (κ3) is 2.81. The van der Waals surface area contributed by atoms with Gasteiger partial charge in [0, 0.05) is 17.6 Å². The molecule has 0 radical (unpaired) electrons. The van der Waals surface area contributed by atoms with Crippen LogP contribution < -0.4 is 5.73 Å². The smallest absolute Gasteiger partial charge is 0.0705 e. The largest absolute Gasteiger partial charge is 0.324 e. The summed E-state index contributed by atoms with van der Waals surface area (Å²) in [5.74, 6) is 0. The predicted molar refractivity (Wildman–Crippen MR) is 88.3 cm³/mol. The van der Waals surface area contributed by atoms with Gasteiger partial charge in [0.05, 0.1) is 5.52 Å². The highest BCUT2D eigenvalue weighted by Crippen LogP contribution is 2.24. The number of aromatic nitrogens is 1. The van der Waals surface area contributed by atoms with Crippen LogP contribution in [0.5, 0.6) is 0 Å². The summed E-state index contributed by atoms with van der Waals surface area (Å²) >= 11 is 0. The van der Waals surface area contributed by atoms with Crippen molar-refractivity contribution in [2.24, 2.45) is 5.73 Å². The molecule has 2 aromatic carbocycles. The Morgan fingerprint density at radius 3 is 2.62 bits per heavy atom. The molecule has 0 saturated carbocycles. The molecule has 0 bridgehead atoms. The van der Waals surface area contributed by atoms with Crippen LogP contribution in [0.4, 0.5) is 0 Å². The van der Waals surface area contributed by atoms with E-state index in [1.54, 1.807) is 0 Å². The van der Waals surface area contributed by atoms with Crippen LogP contribution in [0.2, 0.25) is 0 Å². The summed E-state index contributed by atoms with van der Waals surface area (Å²) < 4.78 is 0. The Morgan fingerprint density at radius 2 is 1.81 bits per heavy atom. The molecule has 1 unspecified atom stereocenters. The zero-order valence-electron chi connectivity index (χ0n) is 12.5. The molecule has 0 aliphatic heterocycles. The van der Waals surface area contributed by atoms with Crippen LogP contribution in [0.1, 0.15) is 28.3 Å². The lowest BCUT2D eigenvalue weighted by Crippen LogP contribution is -2.14. The molecule has 1 atom stereocenters. The van der Waals surface area contributed by atoms with E-state index in [1.165, 1.54) is 22.3 Å². The zero-order valence-corrected chi connectivity index (χ0v) is 12.5. The van der Waals surface area contributed by atoms with E-state index in [0.717, 1.165) is 17.3 Å². The first kappa shape index (κ1) is 13.8. The standard InChI is InChI=1S/C19H20N2/c1-13-7-8-15(11-14(13)2)12-18(20)16-9-10-21-19-6-4-3-5-17(16)19/h3-11,18H,12,20H2,1-2H3. The van der Waals surface area contributed by atoms with Crippen LogP contribution in [-0.4, -0.2) is 4.98 Å². The number of rotatable bonds is 3. The van der Waals surface area contributed by atoms with Crippen molar-refractivity contribution in [3.05, 3.63) is 77.0 Å². The third-order valence-corrected chi connectivity index (χ3v) is 4.11. The van der Waals surface area contributed by atoms with E-state index in [2.05, 4.69) is 43.1 Å². The molecular formula is C19H20N2. The maximum atomic E-state index is 6.45. The molecule has 0 aliphatic rings. The first-order valence-corrected chi connectivity index (χ1v) is 7.30. The van der Waals surface area contributed by atoms with Crippen molar-refractivity contribution in [2.45, 2.75) is 26.3 Å². The molecule has 2 N–H and O–H groups in total. The van der Waals surface area contributed by atoms with Crippen molar-refractivity contribution in [3.63, 3.8) is 0 Å². The first-order chi connectivity index (χ1) is 10.1. The van der Waals surface area contributed by atoms with Gasteiger partial charge in [-0.1, -0.05) is 36.4 Å². The minimum absolute atomic E-state index is 0.0139. The van der Waals surface area contributed by atoms with Crippen molar-refractivity contribution in [1.82, 2.24) is 4.98 Å². The summed E-state index contributed by atoms with van der Waals surface area (Å²) in [6, 6.07) is 16.8. The summed E-state index contributed by atoms with van der Waals surface area (Å²) in [4.78, 5) is 4.40. The van der Waals surface area contributed by atoms with Gasteiger partial charge in [-0.2, -0.15) is 0 Å². The highest BCUT2D eigenvalue weighted by Gasteiger charge is 2.11. The number of nitrogens with zero attached hydrogens (tertiary/aromatic N) is 1. The first-order valence-electron chi connectivity index (χ1n) is 7.30. The topological polar surface area (TPSA) is 38.9 Å². The van der Waals surface area contributed by atoms with E-state index >= 15 is 0 Å². The summed E-state index contributed by atoms with van der Waals surface area (Å²) in [6.07, 6.45) is 2.69. The quantitative estimate of drug-likeness (QED) is 0.782. The Morgan fingerprint density at radius 1 is 1.00 bits per heavy atom. The van der Waals surface area contributed by atoms with Crippen LogP contribution in [-0.2, 0) is 6.42 Å². The van der Waals surface area contributed by atoms with Crippen molar-refractivity contribution >= 4 is 10.9 Å². The molecule has 3 aromatic rings. The van der Waals surface area contributed by atoms with Crippen LogP contribution in [0.15, 0.2) is 54.7 Å². The van der Waals surface area contributed by atoms with E-state index in [4.69, 9.17) is 5.73 Å². The van der Waals surface area contributed by atoms with E-state index < -0.39 is 0 Å². The average molecular weight is 276 g/mol. The molecule has 21 heavy (non-hydrogen) atoms. The molecular weight excluding hydrogens is 256 g/mol. The van der Waals surface area contributed by atoms with Gasteiger partial charge in [0.25, 0.3) is 0 Å². The molecule has 0 spiro atoms. The van der Waals surface area contributed by atoms with Crippen LogP contribution >= 0.6 is 0 Å². The van der Waals surface area contributed by atoms with Gasteiger partial charge in [0.15, 0.2) is 0 Å². The Bertz CT molecular complexity index is 772. The monoisotopic (exact) mass is 276 g/mol. The second-order valence-electron chi connectivity index (χ2n) is 5.65. The number of aryl methyl sites for hydroxylation is 2. The summed E-state index contributed by atoms with van der Waals surface area (Å²) in [6.45, 7) is 4.28. The Labute approximate surface area is 125 Å². The summed E-state index contributed by atoms with van der Waals surface area (Å²) in [7, 11) is 0. The summed E-state index contributed by atoms with van der Waals surface area (Å²) in [5, 5.41) is 1.15. The van der Waals surface area contributed by atoms with Crippen LogP contribution in [0.3, 0.4) is 0 Å². The van der Waals surface area contributed by atoms with Gasteiger partial charge in [0.1, 0.15) is 0 Å². The molecule has 1 aromatic heterocycles. The van der Waals surface area contributed by atoms with Crippen molar-refractivity contribution in [2.75, 3.05) is 0 Å². The number of nitrogens with two attached hydrogens (primary N) is 1. The molecule has 2 nitrogen and oxygen atoms in total. The highest BCUT2D eigenvalue weighted by atomic mass is 14.7. The van der Waals surface area contributed by atoms with Gasteiger partial charge >= 0.3 is 0 Å². The molecule has 0 aliphatic carbocycles. The number of hydrogen-bond donors (Lipinski definition) is 1. The van der Waals surface area contributed by atoms with Gasteiger partial charge < -0.3 is 5.73 Å². The predicted octanol–water partition coefficient (Wildman–Crippen LogP) is 4.09. The highest BCUT2D eigenvalue weighted by molar-refractivity contribution is 5.82. The van der Waals surface area contributed by atoms with Gasteiger partial charge in [-0.3, -0.25) is 4.98 Å². The number of para-hydroxylation sites is 1. The molecule has 106 valence electrons. The van der Waals surface area contributed by atoms with Crippen LogP contribution in [0.25, 0.3) is 10.9 Å². The second-order valence-corrected chi connectivity index (χ2v) is 5.65. The lowest BCUT2D eigenvalue weighted by atomic mass is 9.95. The van der Waals surface area contributed by atoms with Gasteiger partial charge in [-0.25, -0.2) is 0 Å². The van der Waals surface area contributed by atoms with E-state index in [9.17, 15) is 0 Å². The van der Waals surface area contributed by atoms with E-state index in [0.29, 0.717) is 0 Å². The number of fused-ring (bicyclic) bond motifs is 1. The van der Waals surface area contributed by atoms with Crippen molar-refractivity contribution < 1.29 is 0 Å². The lowest BCUT2D eigenvalue weighted by molar-refractivity contribution is 0.726. The van der Waals surface area contributed by atoms with Crippen LogP contribution in [0, 0.1) is 13.8 Å². The normalized spacial score (nSPS) is 12.5. The Kier molecular flexibility index (Phi) is 3.72. The molecule has 3 rings (SSSR count). The second kappa shape index (κ2) is 5.66. The Hall–Kier alpha value is -2.19. The van der Waals surface area contributed by atoms with Gasteiger partial charge in [0.2, 0.25) is 0 Å². The fraction of sp³-hybridized carbons (Fsp3) is 0.211. The van der Waals surface area contributed by atoms with Crippen molar-refractivity contribution in [1.29, 1.82) is 0 Å². The van der Waals surface area contributed by atoms with E-state index in [1.807, 2.05) is 30.5 Å². The van der Waals surface area contributed by atoms with E-state index in [-0.39, 0.29) is 6.04 Å². The minimum Gasteiger partial charge on any atom is -0.324 e. The Balaban J connectivity index is 1.93. The molecule has 0 saturated heterocycles. The third-order valence-electron chi connectivity index (χ3n) is 4.11. The lowest BCUT2D eigenvalue weighted by Gasteiger charge is -2.15. The molecule has 0 fully saturated rings. The maximum absolute atomic E-state index is 6.45. The summed E-state index contributed by atoms with van der Waals surface area (Å²) in [5.41, 5.74) is 12.5. The molecule has 2 heteroatoms. The maximum Gasteiger partial charge on any atom is 0.0705 e. The fourth-order valence-electron chi connectivity index (χ4n) is 2.74. The minimum atomic E-state index is -0.0139. The SMILES string of the molecule is Cc1ccc(CC(N)c2ccnc3ccccc23)cc1C. The van der Waals surface area contributed by atoms with Gasteiger partial charge in [-0.15, -0.1) is 0 Å².